The molecule has 1 N–H and O–H groups in total. The number of amides is 1. The second-order valence-electron chi connectivity index (χ2n) is 5.47. The van der Waals surface area contributed by atoms with Crippen molar-refractivity contribution in [3.63, 3.8) is 0 Å². The van der Waals surface area contributed by atoms with Crippen LogP contribution in [0.5, 0.6) is 0 Å². The maximum atomic E-state index is 11.5. The Hall–Kier alpha value is -2.62. The van der Waals surface area contributed by atoms with Gasteiger partial charge in [-0.15, -0.1) is 0 Å². The van der Waals surface area contributed by atoms with E-state index in [1.807, 2.05) is 41.9 Å². The smallest absolute Gasteiger partial charge is 0.224 e. The minimum atomic E-state index is 0.103. The molecule has 0 unspecified atom stereocenters. The Balaban J connectivity index is 1.85. The summed E-state index contributed by atoms with van der Waals surface area (Å²) in [6.07, 6.45) is 5.39. The lowest BCUT2D eigenvalue weighted by atomic mass is 9.96. The third kappa shape index (κ3) is 2.00. The number of imidazole rings is 1. The minimum absolute atomic E-state index is 0.103. The predicted octanol–water partition coefficient (Wildman–Crippen LogP) is 3.19. The minimum Gasteiger partial charge on any atom is -0.326 e. The van der Waals surface area contributed by atoms with Gasteiger partial charge >= 0.3 is 0 Å². The molecule has 4 heteroatoms. The van der Waals surface area contributed by atoms with E-state index in [-0.39, 0.29) is 5.91 Å². The lowest BCUT2D eigenvalue weighted by molar-refractivity contribution is -0.116. The highest BCUT2D eigenvalue weighted by Gasteiger charge is 2.18. The molecule has 0 fully saturated rings. The van der Waals surface area contributed by atoms with Gasteiger partial charge in [0.2, 0.25) is 5.91 Å². The lowest BCUT2D eigenvalue weighted by Crippen LogP contribution is -2.19. The Labute approximate surface area is 122 Å². The summed E-state index contributed by atoms with van der Waals surface area (Å²) >= 11 is 0. The number of pyridine rings is 1. The van der Waals surface area contributed by atoms with Crippen molar-refractivity contribution >= 4 is 17.2 Å². The highest BCUT2D eigenvalue weighted by Crippen LogP contribution is 2.31. The molecular weight excluding hydrogens is 262 g/mol. The summed E-state index contributed by atoms with van der Waals surface area (Å²) in [5.74, 6) is 0.103. The zero-order valence-electron chi connectivity index (χ0n) is 11.8. The molecule has 0 radical (unpaired) electrons. The van der Waals surface area contributed by atoms with E-state index in [0.717, 1.165) is 34.6 Å². The van der Waals surface area contributed by atoms with Gasteiger partial charge in [0, 0.05) is 30.1 Å². The zero-order valence-corrected chi connectivity index (χ0v) is 11.8. The highest BCUT2D eigenvalue weighted by atomic mass is 16.1. The number of hydrogen-bond donors (Lipinski definition) is 1. The Kier molecular flexibility index (Phi) is 2.57. The van der Waals surface area contributed by atoms with Gasteiger partial charge in [-0.2, -0.15) is 0 Å². The van der Waals surface area contributed by atoms with Gasteiger partial charge in [0.1, 0.15) is 5.65 Å². The SMILES string of the molecule is Cc1cc(-c2cn3ccccc3n2)cc2c1NC(=O)CC2. The molecule has 0 atom stereocenters. The number of carbonyl (C=O) groups excluding carboxylic acids is 1. The third-order valence-corrected chi connectivity index (χ3v) is 3.96. The summed E-state index contributed by atoms with van der Waals surface area (Å²) in [6, 6.07) is 10.2. The molecular formula is C17H15N3O. The summed E-state index contributed by atoms with van der Waals surface area (Å²) in [4.78, 5) is 16.2. The maximum Gasteiger partial charge on any atom is 0.224 e. The van der Waals surface area contributed by atoms with Gasteiger partial charge in [0.25, 0.3) is 0 Å². The van der Waals surface area contributed by atoms with E-state index in [2.05, 4.69) is 22.4 Å². The van der Waals surface area contributed by atoms with Gasteiger partial charge in [-0.1, -0.05) is 6.07 Å². The molecule has 1 aliphatic rings. The summed E-state index contributed by atoms with van der Waals surface area (Å²) < 4.78 is 2.02. The first-order valence-electron chi connectivity index (χ1n) is 7.08. The average Bonchev–Trinajstić information content (AvgIpc) is 2.92. The van der Waals surface area contributed by atoms with Gasteiger partial charge < -0.3 is 9.72 Å². The number of benzene rings is 1. The first-order valence-corrected chi connectivity index (χ1v) is 7.08. The van der Waals surface area contributed by atoms with E-state index in [9.17, 15) is 4.79 Å². The van der Waals surface area contributed by atoms with E-state index in [1.165, 1.54) is 5.56 Å². The maximum absolute atomic E-state index is 11.5. The molecule has 4 nitrogen and oxygen atoms in total. The predicted molar refractivity (Wildman–Crippen MR) is 82.3 cm³/mol. The highest BCUT2D eigenvalue weighted by molar-refractivity contribution is 5.95. The molecule has 0 bridgehead atoms. The first kappa shape index (κ1) is 12.1. The molecule has 0 saturated carbocycles. The van der Waals surface area contributed by atoms with Crippen LogP contribution in [-0.4, -0.2) is 15.3 Å². The molecule has 21 heavy (non-hydrogen) atoms. The van der Waals surface area contributed by atoms with Gasteiger partial charge in [-0.3, -0.25) is 4.79 Å². The molecule has 1 aromatic carbocycles. The van der Waals surface area contributed by atoms with Crippen molar-refractivity contribution in [3.05, 3.63) is 53.9 Å². The van der Waals surface area contributed by atoms with Crippen molar-refractivity contribution < 1.29 is 4.79 Å². The van der Waals surface area contributed by atoms with Gasteiger partial charge in [0.05, 0.1) is 5.69 Å². The Morgan fingerprint density at radius 1 is 1.24 bits per heavy atom. The monoisotopic (exact) mass is 277 g/mol. The third-order valence-electron chi connectivity index (χ3n) is 3.96. The fraction of sp³-hybridized carbons (Fsp3) is 0.176. The average molecular weight is 277 g/mol. The largest absolute Gasteiger partial charge is 0.326 e. The lowest BCUT2D eigenvalue weighted by Gasteiger charge is -2.19. The number of nitrogens with zero attached hydrogens (tertiary/aromatic N) is 2. The Bertz CT molecular complexity index is 831. The molecule has 2 aromatic heterocycles. The van der Waals surface area contributed by atoms with E-state index in [1.54, 1.807) is 0 Å². The van der Waals surface area contributed by atoms with Crippen LogP contribution in [0.2, 0.25) is 0 Å². The van der Waals surface area contributed by atoms with Crippen LogP contribution < -0.4 is 5.32 Å². The van der Waals surface area contributed by atoms with Crippen LogP contribution in [0.15, 0.2) is 42.7 Å². The van der Waals surface area contributed by atoms with Crippen LogP contribution >= 0.6 is 0 Å². The fourth-order valence-corrected chi connectivity index (χ4v) is 2.91. The molecule has 0 aliphatic carbocycles. The first-order chi connectivity index (χ1) is 10.2. The van der Waals surface area contributed by atoms with Crippen molar-refractivity contribution in [3.8, 4) is 11.3 Å². The van der Waals surface area contributed by atoms with Crippen molar-refractivity contribution in [1.82, 2.24) is 9.38 Å². The van der Waals surface area contributed by atoms with E-state index < -0.39 is 0 Å². The number of rotatable bonds is 1. The second-order valence-corrected chi connectivity index (χ2v) is 5.47. The number of anilines is 1. The van der Waals surface area contributed by atoms with Crippen LogP contribution in [-0.2, 0) is 11.2 Å². The Morgan fingerprint density at radius 2 is 2.14 bits per heavy atom. The molecule has 4 rings (SSSR count). The normalized spacial score (nSPS) is 14.0. The summed E-state index contributed by atoms with van der Waals surface area (Å²) in [5.41, 5.74) is 6.26. The number of carbonyl (C=O) groups is 1. The van der Waals surface area contributed by atoms with E-state index in [0.29, 0.717) is 6.42 Å². The van der Waals surface area contributed by atoms with Crippen molar-refractivity contribution in [1.29, 1.82) is 0 Å². The molecule has 3 aromatic rings. The van der Waals surface area contributed by atoms with Crippen LogP contribution in [0.25, 0.3) is 16.9 Å². The van der Waals surface area contributed by atoms with Gasteiger partial charge in [0.15, 0.2) is 0 Å². The molecule has 0 saturated heterocycles. The number of aryl methyl sites for hydroxylation is 2. The summed E-state index contributed by atoms with van der Waals surface area (Å²) in [6.45, 7) is 2.03. The number of fused-ring (bicyclic) bond motifs is 2. The fourth-order valence-electron chi connectivity index (χ4n) is 2.91. The van der Waals surface area contributed by atoms with Crippen molar-refractivity contribution in [2.24, 2.45) is 0 Å². The zero-order chi connectivity index (χ0) is 14.4. The summed E-state index contributed by atoms with van der Waals surface area (Å²) in [7, 11) is 0. The van der Waals surface area contributed by atoms with Crippen molar-refractivity contribution in [2.75, 3.05) is 5.32 Å². The van der Waals surface area contributed by atoms with Crippen molar-refractivity contribution in [2.45, 2.75) is 19.8 Å². The molecule has 1 amide bonds. The molecule has 3 heterocycles. The van der Waals surface area contributed by atoms with E-state index in [4.69, 9.17) is 0 Å². The summed E-state index contributed by atoms with van der Waals surface area (Å²) in [5, 5.41) is 2.97. The quantitative estimate of drug-likeness (QED) is 0.742. The van der Waals surface area contributed by atoms with Crippen LogP contribution in [0.1, 0.15) is 17.5 Å². The van der Waals surface area contributed by atoms with Gasteiger partial charge in [-0.05, 0) is 48.7 Å². The second kappa shape index (κ2) is 4.45. The Morgan fingerprint density at radius 3 is 3.00 bits per heavy atom. The number of hydrogen-bond acceptors (Lipinski definition) is 2. The molecule has 1 aliphatic heterocycles. The molecule has 0 spiro atoms. The topological polar surface area (TPSA) is 46.4 Å². The number of nitrogens with one attached hydrogen (secondary N) is 1. The van der Waals surface area contributed by atoms with Crippen LogP contribution in [0.4, 0.5) is 5.69 Å². The standard InChI is InChI=1S/C17H15N3O/c1-11-8-13(9-12-5-6-16(21)19-17(11)12)14-10-20-7-3-2-4-15(20)18-14/h2-4,7-10H,5-6H2,1H3,(H,19,21). The van der Waals surface area contributed by atoms with E-state index >= 15 is 0 Å². The van der Waals surface area contributed by atoms with Gasteiger partial charge in [-0.25, -0.2) is 4.98 Å². The molecule has 104 valence electrons. The number of aromatic nitrogens is 2. The van der Waals surface area contributed by atoms with Crippen LogP contribution in [0.3, 0.4) is 0 Å². The van der Waals surface area contributed by atoms with Crippen LogP contribution in [0, 0.1) is 6.92 Å².